The van der Waals surface area contributed by atoms with E-state index in [0.717, 1.165) is 5.56 Å². The molecular formula is C13H15N6O+. The van der Waals surface area contributed by atoms with Crippen molar-refractivity contribution >= 4 is 17.4 Å². The highest BCUT2D eigenvalue weighted by Crippen LogP contribution is 2.13. The van der Waals surface area contributed by atoms with Gasteiger partial charge in [-0.1, -0.05) is 6.07 Å². The third-order valence-electron chi connectivity index (χ3n) is 2.80. The number of amides is 1. The molecule has 0 bridgehead atoms. The zero-order valence-electron chi connectivity index (χ0n) is 11.3. The molecule has 0 atom stereocenters. The summed E-state index contributed by atoms with van der Waals surface area (Å²) < 4.78 is 1.65. The third kappa shape index (κ3) is 2.96. The van der Waals surface area contributed by atoms with E-state index in [1.807, 2.05) is 13.8 Å². The molecule has 0 aliphatic carbocycles. The molecule has 2 aromatic rings. The minimum atomic E-state index is -0.483. The summed E-state index contributed by atoms with van der Waals surface area (Å²) in [4.78, 5) is 15.3. The number of hydrogen-bond acceptors (Lipinski definition) is 4. The quantitative estimate of drug-likeness (QED) is 0.526. The monoisotopic (exact) mass is 271 g/mol. The molecule has 0 spiro atoms. The van der Waals surface area contributed by atoms with Crippen molar-refractivity contribution in [1.29, 1.82) is 0 Å². The molecule has 20 heavy (non-hydrogen) atoms. The summed E-state index contributed by atoms with van der Waals surface area (Å²) in [6.45, 7) is 4.47. The van der Waals surface area contributed by atoms with Gasteiger partial charge in [-0.15, -0.1) is 0 Å². The van der Waals surface area contributed by atoms with Gasteiger partial charge in [0.15, 0.2) is 5.11 Å². The van der Waals surface area contributed by atoms with E-state index in [-0.39, 0.29) is 0 Å². The van der Waals surface area contributed by atoms with E-state index in [9.17, 15) is 4.79 Å². The summed E-state index contributed by atoms with van der Waals surface area (Å²) in [7, 11) is 0. The lowest BCUT2D eigenvalue weighted by atomic mass is 10.1. The van der Waals surface area contributed by atoms with Crippen LogP contribution >= 0.6 is 0 Å². The van der Waals surface area contributed by atoms with Crippen LogP contribution in [0.25, 0.3) is 0 Å². The van der Waals surface area contributed by atoms with Crippen molar-refractivity contribution in [1.82, 2.24) is 14.7 Å². The summed E-state index contributed by atoms with van der Waals surface area (Å²) in [5.41, 5.74) is 7.59. The van der Waals surface area contributed by atoms with Crippen molar-refractivity contribution in [3.63, 3.8) is 0 Å². The van der Waals surface area contributed by atoms with Gasteiger partial charge in [-0.05, 0) is 31.5 Å². The molecule has 0 unspecified atom stereocenters. The average Bonchev–Trinajstić information content (AvgIpc) is 2.89. The highest BCUT2D eigenvalue weighted by atomic mass is 16.1. The van der Waals surface area contributed by atoms with E-state index in [1.165, 1.54) is 0 Å². The molecular weight excluding hydrogens is 256 g/mol. The van der Waals surface area contributed by atoms with Crippen LogP contribution in [0.4, 0.5) is 11.5 Å². The number of aromatic nitrogens is 2. The predicted octanol–water partition coefficient (Wildman–Crippen LogP) is 2.24. The smallest absolute Gasteiger partial charge is 0.360 e. The van der Waals surface area contributed by atoms with E-state index in [0.29, 0.717) is 23.6 Å². The Morgan fingerprint density at radius 2 is 2.25 bits per heavy atom. The summed E-state index contributed by atoms with van der Waals surface area (Å²) in [6, 6.07) is 6.69. The van der Waals surface area contributed by atoms with Gasteiger partial charge in [0.05, 0.1) is 11.8 Å². The van der Waals surface area contributed by atoms with Crippen LogP contribution in [0.5, 0.6) is 0 Å². The van der Waals surface area contributed by atoms with Crippen molar-refractivity contribution in [2.75, 3.05) is 5.73 Å². The second-order valence-corrected chi connectivity index (χ2v) is 4.17. The summed E-state index contributed by atoms with van der Waals surface area (Å²) in [5, 5.41) is 11.4. The van der Waals surface area contributed by atoms with E-state index in [1.54, 1.807) is 35.1 Å². The molecule has 1 aromatic carbocycles. The number of hydrogen-bond donors (Lipinski definition) is 1. The maximum absolute atomic E-state index is 11.8. The Kier molecular flexibility index (Phi) is 4.02. The molecule has 0 aliphatic rings. The van der Waals surface area contributed by atoms with Crippen LogP contribution in [0.15, 0.2) is 40.7 Å². The number of nitrogens with two attached hydrogens (primary N) is 1. The van der Waals surface area contributed by atoms with Gasteiger partial charge in [0.25, 0.3) is 0 Å². The van der Waals surface area contributed by atoms with Crippen LogP contribution in [0.1, 0.15) is 22.8 Å². The van der Waals surface area contributed by atoms with Crippen LogP contribution in [0.3, 0.4) is 0 Å². The van der Waals surface area contributed by atoms with E-state index in [2.05, 4.69) is 20.2 Å². The van der Waals surface area contributed by atoms with E-state index in [4.69, 9.17) is 5.73 Å². The summed E-state index contributed by atoms with van der Waals surface area (Å²) >= 11 is 0. The standard InChI is InChI=1S/C13H15N6O/c1-3-19-12(6-7-15-19)16-18-17-13(20)10-5-4-9(2)11(14)8-10/h4-8H,3,14H2,1-2H3/q+1. The molecule has 0 saturated carbocycles. The Bertz CT molecular complexity index is 697. The highest BCUT2D eigenvalue weighted by Gasteiger charge is 2.11. The minimum Gasteiger partial charge on any atom is -0.398 e. The van der Waals surface area contributed by atoms with Crippen molar-refractivity contribution in [3.8, 4) is 0 Å². The lowest BCUT2D eigenvalue weighted by molar-refractivity contribution is 0.0992. The number of rotatable bonds is 3. The zero-order chi connectivity index (χ0) is 14.5. The van der Waals surface area contributed by atoms with Crippen LogP contribution < -0.4 is 10.6 Å². The van der Waals surface area contributed by atoms with Crippen molar-refractivity contribution in [3.05, 3.63) is 41.6 Å². The van der Waals surface area contributed by atoms with Gasteiger partial charge >= 0.3 is 5.91 Å². The van der Waals surface area contributed by atoms with Crippen LogP contribution in [0.2, 0.25) is 0 Å². The van der Waals surface area contributed by atoms with Gasteiger partial charge < -0.3 is 5.73 Å². The molecule has 2 N–H and O–H groups in total. The normalized spacial score (nSPS) is 9.90. The van der Waals surface area contributed by atoms with E-state index >= 15 is 0 Å². The van der Waals surface area contributed by atoms with Crippen LogP contribution in [-0.4, -0.2) is 15.7 Å². The second kappa shape index (κ2) is 5.90. The maximum Gasteiger partial charge on any atom is 0.360 e. The van der Waals surface area contributed by atoms with Gasteiger partial charge in [0.2, 0.25) is 15.8 Å². The molecule has 0 saturated heterocycles. The third-order valence-corrected chi connectivity index (χ3v) is 2.80. The van der Waals surface area contributed by atoms with Gasteiger partial charge in [-0.2, -0.15) is 5.10 Å². The predicted molar refractivity (Wildman–Crippen MR) is 74.5 cm³/mol. The number of carbonyl (C=O) groups is 1. The van der Waals surface area contributed by atoms with Crippen LogP contribution in [0, 0.1) is 6.92 Å². The SMILES string of the molecule is CCn1nccc1N=[N+]=NC(=O)c1ccc(C)c(N)c1. The Hall–Kier alpha value is -2.79. The molecule has 0 fully saturated rings. The Morgan fingerprint density at radius 3 is 2.95 bits per heavy atom. The number of aryl methyl sites for hydroxylation is 2. The minimum absolute atomic E-state index is 0.385. The number of carbonyl (C=O) groups excluding carboxylic acids is 1. The zero-order valence-corrected chi connectivity index (χ0v) is 11.3. The maximum atomic E-state index is 11.8. The first-order valence-electron chi connectivity index (χ1n) is 6.16. The number of anilines is 1. The Balaban J connectivity index is 2.18. The van der Waals surface area contributed by atoms with Crippen LogP contribution in [-0.2, 0) is 6.54 Å². The number of nitrogens with zero attached hydrogens (tertiary/aromatic N) is 5. The van der Waals surface area contributed by atoms with Gasteiger partial charge in [-0.25, -0.2) is 4.68 Å². The fraction of sp³-hybridized carbons (Fsp3) is 0.231. The van der Waals surface area contributed by atoms with Gasteiger partial charge in [0.1, 0.15) is 0 Å². The van der Waals surface area contributed by atoms with E-state index < -0.39 is 5.91 Å². The molecule has 102 valence electrons. The summed E-state index contributed by atoms with van der Waals surface area (Å²) in [6.07, 6.45) is 1.61. The molecule has 1 amide bonds. The molecule has 1 aromatic heterocycles. The first-order chi connectivity index (χ1) is 9.61. The van der Waals surface area contributed by atoms with Crippen molar-refractivity contribution in [2.45, 2.75) is 20.4 Å². The highest BCUT2D eigenvalue weighted by molar-refractivity contribution is 5.95. The first-order valence-corrected chi connectivity index (χ1v) is 6.16. The fourth-order valence-electron chi connectivity index (χ4n) is 1.59. The molecule has 2 rings (SSSR count). The summed E-state index contributed by atoms with van der Waals surface area (Å²) in [5.74, 6) is 0.0653. The van der Waals surface area contributed by atoms with Crippen molar-refractivity contribution < 1.29 is 4.79 Å². The molecule has 7 heteroatoms. The Morgan fingerprint density at radius 1 is 1.45 bits per heavy atom. The number of benzene rings is 1. The number of nitrogen functional groups attached to an aromatic ring is 1. The van der Waals surface area contributed by atoms with Gasteiger partial charge in [-0.3, -0.25) is 4.79 Å². The van der Waals surface area contributed by atoms with Crippen molar-refractivity contribution in [2.24, 2.45) is 10.2 Å². The lowest BCUT2D eigenvalue weighted by Gasteiger charge is -1.98. The molecule has 1 heterocycles. The molecule has 7 nitrogen and oxygen atoms in total. The van der Waals surface area contributed by atoms with Gasteiger partial charge in [0, 0.05) is 18.3 Å². The second-order valence-electron chi connectivity index (χ2n) is 4.17. The fourth-order valence-corrected chi connectivity index (χ4v) is 1.59. The molecule has 0 aliphatic heterocycles. The first kappa shape index (κ1) is 13.6. The lowest BCUT2D eigenvalue weighted by Crippen LogP contribution is -1.98. The Labute approximate surface area is 115 Å². The average molecular weight is 271 g/mol. The topological polar surface area (TPSA) is 99.7 Å². The largest absolute Gasteiger partial charge is 0.398 e. The molecule has 0 radical (unpaired) electrons.